The molecule has 0 spiro atoms. The van der Waals surface area contributed by atoms with Gasteiger partial charge in [-0.1, -0.05) is 26.0 Å². The molecule has 0 unspecified atom stereocenters. The molecule has 2 aromatic carbocycles. The van der Waals surface area contributed by atoms with Crippen molar-refractivity contribution in [3.05, 3.63) is 58.8 Å². The number of fused-ring (bicyclic) bond motifs is 2. The molecule has 1 aliphatic heterocycles. The van der Waals surface area contributed by atoms with Gasteiger partial charge in [-0.2, -0.15) is 0 Å². The van der Waals surface area contributed by atoms with Gasteiger partial charge in [0.2, 0.25) is 21.7 Å². The van der Waals surface area contributed by atoms with Crippen LogP contribution >= 0.6 is 0 Å². The van der Waals surface area contributed by atoms with E-state index in [1.165, 1.54) is 18.2 Å². The lowest BCUT2D eigenvalue weighted by molar-refractivity contribution is -0.119. The van der Waals surface area contributed by atoms with E-state index in [9.17, 15) is 18.0 Å². The van der Waals surface area contributed by atoms with Gasteiger partial charge in [-0.25, -0.2) is 17.9 Å². The molecule has 35 heavy (non-hydrogen) atoms. The Balaban J connectivity index is 1.50. The van der Waals surface area contributed by atoms with Gasteiger partial charge in [0.25, 0.3) is 0 Å². The molecular weight excluding hydrogens is 468 g/mol. The number of ether oxygens (including phenoxy) is 1. The van der Waals surface area contributed by atoms with Crippen LogP contribution in [0.2, 0.25) is 0 Å². The first kappa shape index (κ1) is 24.9. The van der Waals surface area contributed by atoms with Gasteiger partial charge in [0, 0.05) is 36.1 Å². The first-order valence-corrected chi connectivity index (χ1v) is 13.2. The number of amides is 1. The molecule has 0 saturated carbocycles. The zero-order chi connectivity index (χ0) is 25.3. The summed E-state index contributed by atoms with van der Waals surface area (Å²) in [7, 11) is -3.81. The number of aryl methyl sites for hydroxylation is 1. The van der Waals surface area contributed by atoms with E-state index in [2.05, 4.69) is 4.72 Å². The number of benzene rings is 2. The molecule has 0 aliphatic carbocycles. The molecule has 0 radical (unpaired) electrons. The summed E-state index contributed by atoms with van der Waals surface area (Å²) in [6.45, 7) is 8.43. The second-order valence-electron chi connectivity index (χ2n) is 9.12. The molecular formula is C26H30N2O6S. The van der Waals surface area contributed by atoms with Crippen molar-refractivity contribution < 1.29 is 27.2 Å². The molecule has 1 aliphatic rings. The highest BCUT2D eigenvalue weighted by atomic mass is 32.2. The van der Waals surface area contributed by atoms with Gasteiger partial charge in [-0.15, -0.1) is 0 Å². The van der Waals surface area contributed by atoms with E-state index in [1.54, 1.807) is 13.8 Å². The number of carbonyl (C=O) groups excluding carboxylic acids is 2. The van der Waals surface area contributed by atoms with Crippen molar-refractivity contribution in [1.82, 2.24) is 4.72 Å². The highest BCUT2D eigenvalue weighted by molar-refractivity contribution is 7.89. The predicted molar refractivity (Wildman–Crippen MR) is 133 cm³/mol. The van der Waals surface area contributed by atoms with E-state index >= 15 is 0 Å². The van der Waals surface area contributed by atoms with E-state index in [0.717, 1.165) is 23.2 Å². The van der Waals surface area contributed by atoms with Crippen molar-refractivity contribution in [1.29, 1.82) is 0 Å². The largest absolute Gasteiger partial charge is 0.460 e. The number of esters is 1. The zero-order valence-electron chi connectivity index (χ0n) is 20.4. The Labute approximate surface area is 205 Å². The minimum atomic E-state index is -3.81. The summed E-state index contributed by atoms with van der Waals surface area (Å²) >= 11 is 0. The Kier molecular flexibility index (Phi) is 7.00. The molecule has 1 amide bonds. The summed E-state index contributed by atoms with van der Waals surface area (Å²) < 4.78 is 39.2. The van der Waals surface area contributed by atoms with Gasteiger partial charge in [-0.3, -0.25) is 4.79 Å². The monoisotopic (exact) mass is 498 g/mol. The maximum absolute atomic E-state index is 13.0. The lowest BCUT2D eigenvalue weighted by Crippen LogP contribution is -2.29. The fourth-order valence-electron chi connectivity index (χ4n) is 4.30. The number of hydrogen-bond acceptors (Lipinski definition) is 6. The normalized spacial score (nSPS) is 13.5. The summed E-state index contributed by atoms with van der Waals surface area (Å²) in [5, 5.41) is 0.541. The van der Waals surface area contributed by atoms with Crippen molar-refractivity contribution >= 4 is 38.6 Å². The van der Waals surface area contributed by atoms with Crippen LogP contribution < -0.4 is 9.62 Å². The molecule has 4 rings (SSSR count). The Morgan fingerprint density at radius 1 is 1.17 bits per heavy atom. The standard InChI is InChI=1S/C26H30N2O6S/c1-5-33-26(30)25-17(4)21-14-20(7-9-23(21)34-25)35(31,32)27-15-18-6-8-22-19(13-18)10-11-28(22)24(29)12-16(2)3/h6-9,13-14,16,27H,5,10-12,15H2,1-4H3. The molecule has 3 aromatic rings. The Hall–Kier alpha value is -3.17. The summed E-state index contributed by atoms with van der Waals surface area (Å²) in [5.41, 5.74) is 3.71. The molecule has 0 fully saturated rings. The molecule has 0 atom stereocenters. The third kappa shape index (κ3) is 5.11. The Morgan fingerprint density at radius 3 is 2.66 bits per heavy atom. The van der Waals surface area contributed by atoms with Crippen molar-refractivity contribution in [2.75, 3.05) is 18.1 Å². The molecule has 0 bridgehead atoms. The van der Waals surface area contributed by atoms with Crippen LogP contribution in [0.3, 0.4) is 0 Å². The van der Waals surface area contributed by atoms with Gasteiger partial charge in [0.05, 0.1) is 11.5 Å². The molecule has 2 heterocycles. The molecule has 1 N–H and O–H groups in total. The number of anilines is 1. The van der Waals surface area contributed by atoms with Crippen LogP contribution in [0.5, 0.6) is 0 Å². The van der Waals surface area contributed by atoms with Crippen molar-refractivity contribution in [3.8, 4) is 0 Å². The fourth-order valence-corrected chi connectivity index (χ4v) is 5.35. The third-order valence-corrected chi connectivity index (χ3v) is 7.47. The van der Waals surface area contributed by atoms with E-state index in [1.807, 2.05) is 36.9 Å². The molecule has 186 valence electrons. The molecule has 9 heteroatoms. The molecule has 1 aromatic heterocycles. The van der Waals surface area contributed by atoms with Crippen LogP contribution in [-0.4, -0.2) is 33.4 Å². The van der Waals surface area contributed by atoms with E-state index in [4.69, 9.17) is 9.15 Å². The first-order chi connectivity index (χ1) is 16.6. The van der Waals surface area contributed by atoms with Gasteiger partial charge in [-0.05, 0) is 61.6 Å². The third-order valence-electron chi connectivity index (χ3n) is 6.07. The summed E-state index contributed by atoms with van der Waals surface area (Å²) in [5.74, 6) is -0.0986. The maximum atomic E-state index is 13.0. The smallest absolute Gasteiger partial charge is 0.374 e. The SMILES string of the molecule is CCOC(=O)c1oc2ccc(S(=O)(=O)NCc3ccc4c(c3)CCN4C(=O)CC(C)C)cc2c1C. The van der Waals surface area contributed by atoms with Crippen molar-refractivity contribution in [3.63, 3.8) is 0 Å². The van der Waals surface area contributed by atoms with Gasteiger partial charge < -0.3 is 14.1 Å². The van der Waals surface area contributed by atoms with Crippen LogP contribution in [0.15, 0.2) is 45.7 Å². The maximum Gasteiger partial charge on any atom is 0.374 e. The number of nitrogens with one attached hydrogen (secondary N) is 1. The molecule has 8 nitrogen and oxygen atoms in total. The first-order valence-electron chi connectivity index (χ1n) is 11.7. The van der Waals surface area contributed by atoms with Gasteiger partial charge >= 0.3 is 5.97 Å². The van der Waals surface area contributed by atoms with E-state index in [-0.39, 0.29) is 29.7 Å². The van der Waals surface area contributed by atoms with Crippen LogP contribution in [0.1, 0.15) is 54.4 Å². The van der Waals surface area contributed by atoms with Crippen molar-refractivity contribution in [2.24, 2.45) is 5.92 Å². The topological polar surface area (TPSA) is 106 Å². The number of sulfonamides is 1. The Morgan fingerprint density at radius 2 is 1.94 bits per heavy atom. The predicted octanol–water partition coefficient (Wildman–Crippen LogP) is 4.33. The van der Waals surface area contributed by atoms with Crippen LogP contribution in [0.4, 0.5) is 5.69 Å². The van der Waals surface area contributed by atoms with Crippen molar-refractivity contribution in [2.45, 2.75) is 52.0 Å². The number of nitrogens with zero attached hydrogens (tertiary/aromatic N) is 1. The minimum absolute atomic E-state index is 0.0726. The summed E-state index contributed by atoms with van der Waals surface area (Å²) in [4.78, 5) is 26.5. The van der Waals surface area contributed by atoms with Crippen LogP contribution in [0.25, 0.3) is 11.0 Å². The Bertz CT molecular complexity index is 1390. The van der Waals surface area contributed by atoms with Gasteiger partial charge in [0.15, 0.2) is 0 Å². The van der Waals surface area contributed by atoms with Crippen LogP contribution in [0, 0.1) is 12.8 Å². The average Bonchev–Trinajstić information content (AvgIpc) is 3.38. The number of hydrogen-bond donors (Lipinski definition) is 1. The number of furan rings is 1. The lowest BCUT2D eigenvalue weighted by atomic mass is 10.1. The van der Waals surface area contributed by atoms with Crippen LogP contribution in [-0.2, 0) is 32.5 Å². The van der Waals surface area contributed by atoms with E-state index < -0.39 is 16.0 Å². The summed E-state index contributed by atoms with van der Waals surface area (Å²) in [6.07, 6.45) is 1.25. The fraction of sp³-hybridized carbons (Fsp3) is 0.385. The number of rotatable bonds is 8. The summed E-state index contributed by atoms with van der Waals surface area (Å²) in [6, 6.07) is 10.2. The number of carbonyl (C=O) groups is 2. The quantitative estimate of drug-likeness (QED) is 0.464. The second-order valence-corrected chi connectivity index (χ2v) is 10.9. The highest BCUT2D eigenvalue weighted by Crippen LogP contribution is 2.31. The lowest BCUT2D eigenvalue weighted by Gasteiger charge is -2.18. The second kappa shape index (κ2) is 9.83. The minimum Gasteiger partial charge on any atom is -0.460 e. The average molecular weight is 499 g/mol. The molecule has 0 saturated heterocycles. The zero-order valence-corrected chi connectivity index (χ0v) is 21.2. The highest BCUT2D eigenvalue weighted by Gasteiger charge is 2.26. The van der Waals surface area contributed by atoms with Gasteiger partial charge in [0.1, 0.15) is 5.58 Å². The van der Waals surface area contributed by atoms with E-state index in [0.29, 0.717) is 35.4 Å².